The number of benzene rings is 1. The molecule has 130 valence electrons. The van der Waals surface area contributed by atoms with Gasteiger partial charge in [-0.05, 0) is 24.1 Å². The van der Waals surface area contributed by atoms with Crippen LogP contribution >= 0.6 is 0 Å². The Morgan fingerprint density at radius 2 is 1.83 bits per heavy atom. The van der Waals surface area contributed by atoms with Crippen LogP contribution < -0.4 is 4.90 Å². The van der Waals surface area contributed by atoms with Crippen molar-refractivity contribution in [1.82, 2.24) is 9.80 Å². The summed E-state index contributed by atoms with van der Waals surface area (Å²) in [5.41, 5.74) is 2.15. The number of amides is 1. The molecule has 1 fully saturated rings. The molecule has 0 aromatic heterocycles. The molecule has 5 heteroatoms. The fraction of sp³-hybridized carbons (Fsp3) is 0.579. The van der Waals surface area contributed by atoms with E-state index < -0.39 is 0 Å². The Labute approximate surface area is 145 Å². The van der Waals surface area contributed by atoms with Gasteiger partial charge in [0.25, 0.3) is 0 Å². The van der Waals surface area contributed by atoms with Crippen LogP contribution in [0.15, 0.2) is 24.3 Å². The fourth-order valence-electron chi connectivity index (χ4n) is 3.04. The van der Waals surface area contributed by atoms with E-state index in [0.29, 0.717) is 6.42 Å². The predicted molar refractivity (Wildman–Crippen MR) is 96.8 cm³/mol. The predicted octanol–water partition coefficient (Wildman–Crippen LogP) is 2.65. The lowest BCUT2D eigenvalue weighted by atomic mass is 10.0. The number of carbonyl (C=O) groups excluding carboxylic acids is 1. The standard InChI is InChI=1S/C19H28N4O/c1-4-5-6-19(24)23-13-11-22(12-14-23)18(15-20)16-7-9-17(10-8-16)21(2)3/h7-10,18H,4-6,11-14H2,1-3H3. The Balaban J connectivity index is 1.96. The Kier molecular flexibility index (Phi) is 6.62. The Bertz CT molecular complexity index is 568. The number of unbranched alkanes of at least 4 members (excludes halogenated alkanes) is 1. The monoisotopic (exact) mass is 328 g/mol. The van der Waals surface area contributed by atoms with Crippen LogP contribution in [0.5, 0.6) is 0 Å². The minimum Gasteiger partial charge on any atom is -0.378 e. The maximum atomic E-state index is 12.1. The lowest BCUT2D eigenvalue weighted by Crippen LogP contribution is -2.49. The van der Waals surface area contributed by atoms with Crippen molar-refractivity contribution in [2.45, 2.75) is 32.2 Å². The first-order valence-corrected chi connectivity index (χ1v) is 8.75. The van der Waals surface area contributed by atoms with Gasteiger partial charge in [0, 0.05) is 52.4 Å². The maximum absolute atomic E-state index is 12.1. The maximum Gasteiger partial charge on any atom is 0.222 e. The van der Waals surface area contributed by atoms with Crippen LogP contribution in [0.4, 0.5) is 5.69 Å². The summed E-state index contributed by atoms with van der Waals surface area (Å²) in [5, 5.41) is 9.62. The number of carbonyl (C=O) groups is 1. The molecule has 1 aromatic rings. The van der Waals surface area contributed by atoms with Gasteiger partial charge in [-0.25, -0.2) is 0 Å². The van der Waals surface area contributed by atoms with Gasteiger partial charge < -0.3 is 9.80 Å². The van der Waals surface area contributed by atoms with Gasteiger partial charge in [0.15, 0.2) is 0 Å². The zero-order valence-corrected chi connectivity index (χ0v) is 15.0. The van der Waals surface area contributed by atoms with Crippen LogP contribution in [0, 0.1) is 11.3 Å². The Morgan fingerprint density at radius 3 is 2.33 bits per heavy atom. The molecule has 1 aromatic carbocycles. The molecule has 1 saturated heterocycles. The van der Waals surface area contributed by atoms with Crippen LogP contribution in [0.2, 0.25) is 0 Å². The quantitative estimate of drug-likeness (QED) is 0.805. The van der Waals surface area contributed by atoms with Gasteiger partial charge in [0.2, 0.25) is 5.91 Å². The van der Waals surface area contributed by atoms with Crippen LogP contribution in [0.1, 0.15) is 37.8 Å². The highest BCUT2D eigenvalue weighted by Gasteiger charge is 2.26. The average Bonchev–Trinajstić information content (AvgIpc) is 2.61. The molecule has 0 aliphatic carbocycles. The number of piperazine rings is 1. The van der Waals surface area contributed by atoms with Crippen molar-refractivity contribution in [3.05, 3.63) is 29.8 Å². The molecule has 1 aliphatic rings. The highest BCUT2D eigenvalue weighted by molar-refractivity contribution is 5.76. The van der Waals surface area contributed by atoms with E-state index in [1.165, 1.54) is 0 Å². The minimum absolute atomic E-state index is 0.242. The van der Waals surface area contributed by atoms with Crippen molar-refractivity contribution in [3.8, 4) is 6.07 Å². The number of hydrogen-bond donors (Lipinski definition) is 0. The number of anilines is 1. The van der Waals surface area contributed by atoms with Crippen molar-refractivity contribution in [1.29, 1.82) is 5.26 Å². The minimum atomic E-state index is -0.242. The van der Waals surface area contributed by atoms with E-state index in [-0.39, 0.29) is 11.9 Å². The zero-order valence-electron chi connectivity index (χ0n) is 15.0. The summed E-state index contributed by atoms with van der Waals surface area (Å²) in [4.78, 5) is 18.3. The lowest BCUT2D eigenvalue weighted by Gasteiger charge is -2.37. The summed E-state index contributed by atoms with van der Waals surface area (Å²) in [6, 6.07) is 10.3. The molecule has 1 amide bonds. The molecule has 0 radical (unpaired) electrons. The highest BCUT2D eigenvalue weighted by Crippen LogP contribution is 2.24. The third kappa shape index (κ3) is 4.48. The zero-order chi connectivity index (χ0) is 17.5. The number of hydrogen-bond acceptors (Lipinski definition) is 4. The van der Waals surface area contributed by atoms with Gasteiger partial charge in [-0.15, -0.1) is 0 Å². The molecule has 24 heavy (non-hydrogen) atoms. The summed E-state index contributed by atoms with van der Waals surface area (Å²) in [6.45, 7) is 5.05. The molecular weight excluding hydrogens is 300 g/mol. The summed E-state index contributed by atoms with van der Waals surface area (Å²) < 4.78 is 0. The van der Waals surface area contributed by atoms with Gasteiger partial charge in [-0.1, -0.05) is 25.5 Å². The molecular formula is C19H28N4O. The van der Waals surface area contributed by atoms with Crippen molar-refractivity contribution >= 4 is 11.6 Å². The number of rotatable bonds is 6. The fourth-order valence-corrected chi connectivity index (χ4v) is 3.04. The first-order valence-electron chi connectivity index (χ1n) is 8.75. The second-order valence-corrected chi connectivity index (χ2v) is 6.54. The summed E-state index contributed by atoms with van der Waals surface area (Å²) in [7, 11) is 4.01. The summed E-state index contributed by atoms with van der Waals surface area (Å²) in [6.07, 6.45) is 2.65. The summed E-state index contributed by atoms with van der Waals surface area (Å²) in [5.74, 6) is 0.250. The highest BCUT2D eigenvalue weighted by atomic mass is 16.2. The van der Waals surface area contributed by atoms with E-state index in [9.17, 15) is 10.1 Å². The molecule has 0 bridgehead atoms. The third-order valence-electron chi connectivity index (χ3n) is 4.62. The van der Waals surface area contributed by atoms with E-state index >= 15 is 0 Å². The molecule has 0 N–H and O–H groups in total. The van der Waals surface area contributed by atoms with Crippen molar-refractivity contribution in [2.75, 3.05) is 45.2 Å². The van der Waals surface area contributed by atoms with Gasteiger partial charge in [-0.2, -0.15) is 5.26 Å². The third-order valence-corrected chi connectivity index (χ3v) is 4.62. The van der Waals surface area contributed by atoms with E-state index in [0.717, 1.165) is 50.3 Å². The van der Waals surface area contributed by atoms with Crippen molar-refractivity contribution in [2.24, 2.45) is 0 Å². The number of nitrogens with zero attached hydrogens (tertiary/aromatic N) is 4. The van der Waals surface area contributed by atoms with Crippen LogP contribution in [0.3, 0.4) is 0 Å². The second-order valence-electron chi connectivity index (χ2n) is 6.54. The second kappa shape index (κ2) is 8.70. The Morgan fingerprint density at radius 1 is 1.21 bits per heavy atom. The first kappa shape index (κ1) is 18.3. The summed E-state index contributed by atoms with van der Waals surface area (Å²) >= 11 is 0. The van der Waals surface area contributed by atoms with Crippen LogP contribution in [-0.2, 0) is 4.79 Å². The van der Waals surface area contributed by atoms with Crippen LogP contribution in [-0.4, -0.2) is 56.0 Å². The molecule has 1 heterocycles. The lowest BCUT2D eigenvalue weighted by molar-refractivity contribution is -0.133. The number of nitriles is 1. The van der Waals surface area contributed by atoms with E-state index in [4.69, 9.17) is 0 Å². The van der Waals surface area contributed by atoms with E-state index in [1.54, 1.807) is 0 Å². The average molecular weight is 328 g/mol. The van der Waals surface area contributed by atoms with E-state index in [2.05, 4.69) is 17.9 Å². The largest absolute Gasteiger partial charge is 0.378 e. The van der Waals surface area contributed by atoms with Gasteiger partial charge in [0.1, 0.15) is 6.04 Å². The molecule has 0 spiro atoms. The van der Waals surface area contributed by atoms with Gasteiger partial charge in [0.05, 0.1) is 6.07 Å². The van der Waals surface area contributed by atoms with Crippen molar-refractivity contribution < 1.29 is 4.79 Å². The van der Waals surface area contributed by atoms with Crippen LogP contribution in [0.25, 0.3) is 0 Å². The molecule has 1 aliphatic heterocycles. The normalized spacial score (nSPS) is 16.5. The smallest absolute Gasteiger partial charge is 0.222 e. The molecule has 5 nitrogen and oxygen atoms in total. The van der Waals surface area contributed by atoms with Gasteiger partial charge >= 0.3 is 0 Å². The SMILES string of the molecule is CCCCC(=O)N1CCN(C(C#N)c2ccc(N(C)C)cc2)CC1. The molecule has 1 atom stereocenters. The molecule has 2 rings (SSSR count). The van der Waals surface area contributed by atoms with Crippen molar-refractivity contribution in [3.63, 3.8) is 0 Å². The first-order chi connectivity index (χ1) is 11.6. The molecule has 1 unspecified atom stereocenters. The van der Waals surface area contributed by atoms with Gasteiger partial charge in [-0.3, -0.25) is 9.69 Å². The van der Waals surface area contributed by atoms with E-state index in [1.807, 2.05) is 48.2 Å². The topological polar surface area (TPSA) is 50.6 Å². The molecule has 0 saturated carbocycles. The Hall–Kier alpha value is -2.06.